The number of benzene rings is 2. The van der Waals surface area contributed by atoms with E-state index in [4.69, 9.17) is 0 Å². The van der Waals surface area contributed by atoms with Crippen molar-refractivity contribution >= 4 is 23.4 Å². The molecule has 0 aliphatic carbocycles. The lowest BCUT2D eigenvalue weighted by Crippen LogP contribution is -2.15. The SMILES string of the molecule is CCSc1ccccc1NC(=O)Cc1ccc(C)cc1C. The van der Waals surface area contributed by atoms with Gasteiger partial charge in [-0.05, 0) is 42.9 Å². The molecule has 0 saturated carbocycles. The maximum Gasteiger partial charge on any atom is 0.228 e. The van der Waals surface area contributed by atoms with E-state index in [-0.39, 0.29) is 5.91 Å². The minimum absolute atomic E-state index is 0.0334. The number of rotatable bonds is 5. The van der Waals surface area contributed by atoms with E-state index in [1.54, 1.807) is 11.8 Å². The molecule has 0 heterocycles. The smallest absolute Gasteiger partial charge is 0.228 e. The van der Waals surface area contributed by atoms with Crippen molar-refractivity contribution in [3.05, 3.63) is 59.2 Å². The average Bonchev–Trinajstić information content (AvgIpc) is 2.44. The van der Waals surface area contributed by atoms with Crippen molar-refractivity contribution in [3.63, 3.8) is 0 Å². The second-order valence-electron chi connectivity index (χ2n) is 5.08. The molecule has 2 rings (SSSR count). The third-order valence-electron chi connectivity index (χ3n) is 3.31. The van der Waals surface area contributed by atoms with Crippen LogP contribution in [0.25, 0.3) is 0 Å². The molecule has 0 aliphatic heterocycles. The molecule has 2 aromatic carbocycles. The number of thioether (sulfide) groups is 1. The number of hydrogen-bond donors (Lipinski definition) is 1. The summed E-state index contributed by atoms with van der Waals surface area (Å²) in [7, 11) is 0. The summed E-state index contributed by atoms with van der Waals surface area (Å²) in [6.45, 7) is 6.23. The van der Waals surface area contributed by atoms with Crippen molar-refractivity contribution in [2.45, 2.75) is 32.1 Å². The Kier molecular flexibility index (Phi) is 5.45. The molecule has 0 saturated heterocycles. The molecule has 110 valence electrons. The van der Waals surface area contributed by atoms with Gasteiger partial charge in [-0.15, -0.1) is 11.8 Å². The monoisotopic (exact) mass is 299 g/mol. The minimum Gasteiger partial charge on any atom is -0.325 e. The first kappa shape index (κ1) is 15.6. The number of nitrogens with one attached hydrogen (secondary N) is 1. The Bertz CT molecular complexity index is 637. The maximum atomic E-state index is 12.3. The van der Waals surface area contributed by atoms with Gasteiger partial charge in [-0.25, -0.2) is 0 Å². The molecule has 21 heavy (non-hydrogen) atoms. The molecule has 0 radical (unpaired) electrons. The van der Waals surface area contributed by atoms with Crippen LogP contribution in [0, 0.1) is 13.8 Å². The van der Waals surface area contributed by atoms with E-state index in [2.05, 4.69) is 38.2 Å². The molecule has 0 bridgehead atoms. The largest absolute Gasteiger partial charge is 0.325 e. The second kappa shape index (κ2) is 7.32. The van der Waals surface area contributed by atoms with Gasteiger partial charge >= 0.3 is 0 Å². The third kappa shape index (κ3) is 4.36. The van der Waals surface area contributed by atoms with Gasteiger partial charge in [0.1, 0.15) is 0 Å². The zero-order valence-electron chi connectivity index (χ0n) is 12.8. The van der Waals surface area contributed by atoms with E-state index in [0.29, 0.717) is 6.42 Å². The molecule has 0 unspecified atom stereocenters. The van der Waals surface area contributed by atoms with Crippen LogP contribution in [-0.2, 0) is 11.2 Å². The van der Waals surface area contributed by atoms with E-state index < -0.39 is 0 Å². The van der Waals surface area contributed by atoms with Crippen LogP contribution < -0.4 is 5.32 Å². The molecule has 0 fully saturated rings. The van der Waals surface area contributed by atoms with E-state index >= 15 is 0 Å². The van der Waals surface area contributed by atoms with Gasteiger partial charge in [-0.1, -0.05) is 42.8 Å². The highest BCUT2D eigenvalue weighted by atomic mass is 32.2. The average molecular weight is 299 g/mol. The lowest BCUT2D eigenvalue weighted by Gasteiger charge is -2.11. The minimum atomic E-state index is 0.0334. The molecule has 0 spiro atoms. The standard InChI is InChI=1S/C18H21NOS/c1-4-21-17-8-6-5-7-16(17)19-18(20)12-15-10-9-13(2)11-14(15)3/h5-11H,4,12H2,1-3H3,(H,19,20). The van der Waals surface area contributed by atoms with Crippen LogP contribution in [0.1, 0.15) is 23.6 Å². The number of para-hydroxylation sites is 1. The Morgan fingerprint density at radius 2 is 1.90 bits per heavy atom. The Labute approximate surface area is 131 Å². The Hall–Kier alpha value is -1.74. The lowest BCUT2D eigenvalue weighted by atomic mass is 10.0. The molecule has 0 atom stereocenters. The van der Waals surface area contributed by atoms with Gasteiger partial charge in [-0.2, -0.15) is 0 Å². The van der Waals surface area contributed by atoms with Gasteiger partial charge in [0, 0.05) is 4.90 Å². The van der Waals surface area contributed by atoms with E-state index in [1.165, 1.54) is 11.1 Å². The van der Waals surface area contributed by atoms with Crippen LogP contribution in [0.15, 0.2) is 47.4 Å². The van der Waals surface area contributed by atoms with Crippen LogP contribution in [0.2, 0.25) is 0 Å². The summed E-state index contributed by atoms with van der Waals surface area (Å²) in [5.74, 6) is 1.02. The predicted octanol–water partition coefficient (Wildman–Crippen LogP) is 4.60. The predicted molar refractivity (Wildman–Crippen MR) is 91.1 cm³/mol. The first-order chi connectivity index (χ1) is 10.1. The van der Waals surface area contributed by atoms with Crippen molar-refractivity contribution in [3.8, 4) is 0 Å². The fraction of sp³-hybridized carbons (Fsp3) is 0.278. The summed E-state index contributed by atoms with van der Waals surface area (Å²) in [6, 6.07) is 14.2. The summed E-state index contributed by atoms with van der Waals surface area (Å²) in [5, 5.41) is 3.03. The van der Waals surface area contributed by atoms with Crippen LogP contribution in [-0.4, -0.2) is 11.7 Å². The summed E-state index contributed by atoms with van der Waals surface area (Å²) in [5.41, 5.74) is 4.38. The van der Waals surface area contributed by atoms with Crippen LogP contribution in [0.3, 0.4) is 0 Å². The molecule has 2 nitrogen and oxygen atoms in total. The zero-order valence-corrected chi connectivity index (χ0v) is 13.6. The van der Waals surface area contributed by atoms with Gasteiger partial charge in [0.2, 0.25) is 5.91 Å². The second-order valence-corrected chi connectivity index (χ2v) is 6.39. The summed E-state index contributed by atoms with van der Waals surface area (Å²) < 4.78 is 0. The highest BCUT2D eigenvalue weighted by Crippen LogP contribution is 2.26. The van der Waals surface area contributed by atoms with Crippen molar-refractivity contribution < 1.29 is 4.79 Å². The van der Waals surface area contributed by atoms with Gasteiger partial charge < -0.3 is 5.32 Å². The van der Waals surface area contributed by atoms with E-state index in [9.17, 15) is 4.79 Å². The molecule has 0 aromatic heterocycles. The van der Waals surface area contributed by atoms with Crippen LogP contribution in [0.5, 0.6) is 0 Å². The number of carbonyl (C=O) groups is 1. The lowest BCUT2D eigenvalue weighted by molar-refractivity contribution is -0.115. The Balaban J connectivity index is 2.08. The quantitative estimate of drug-likeness (QED) is 0.818. The number of carbonyl (C=O) groups excluding carboxylic acids is 1. The van der Waals surface area contributed by atoms with E-state index in [1.807, 2.05) is 30.3 Å². The Morgan fingerprint density at radius 3 is 2.62 bits per heavy atom. The number of aryl methyl sites for hydroxylation is 2. The number of amides is 1. The van der Waals surface area contributed by atoms with Crippen molar-refractivity contribution in [2.24, 2.45) is 0 Å². The fourth-order valence-electron chi connectivity index (χ4n) is 2.26. The third-order valence-corrected chi connectivity index (χ3v) is 4.27. The summed E-state index contributed by atoms with van der Waals surface area (Å²) in [6.07, 6.45) is 0.414. The van der Waals surface area contributed by atoms with Gasteiger partial charge in [0.15, 0.2) is 0 Å². The summed E-state index contributed by atoms with van der Waals surface area (Å²) >= 11 is 1.74. The fourth-order valence-corrected chi connectivity index (χ4v) is 3.02. The van der Waals surface area contributed by atoms with Gasteiger partial charge in [0.05, 0.1) is 12.1 Å². The summed E-state index contributed by atoms with van der Waals surface area (Å²) in [4.78, 5) is 13.4. The highest BCUT2D eigenvalue weighted by molar-refractivity contribution is 7.99. The van der Waals surface area contributed by atoms with Crippen LogP contribution in [0.4, 0.5) is 5.69 Å². The molecule has 3 heteroatoms. The molecule has 2 aromatic rings. The highest BCUT2D eigenvalue weighted by Gasteiger charge is 2.09. The van der Waals surface area contributed by atoms with Crippen molar-refractivity contribution in [1.82, 2.24) is 0 Å². The van der Waals surface area contributed by atoms with Gasteiger partial charge in [-0.3, -0.25) is 4.79 Å². The maximum absolute atomic E-state index is 12.3. The molecule has 1 amide bonds. The van der Waals surface area contributed by atoms with Gasteiger partial charge in [0.25, 0.3) is 0 Å². The number of anilines is 1. The van der Waals surface area contributed by atoms with E-state index in [0.717, 1.165) is 21.9 Å². The number of hydrogen-bond acceptors (Lipinski definition) is 2. The van der Waals surface area contributed by atoms with Crippen molar-refractivity contribution in [1.29, 1.82) is 0 Å². The molecule has 0 aliphatic rings. The normalized spacial score (nSPS) is 10.4. The topological polar surface area (TPSA) is 29.1 Å². The van der Waals surface area contributed by atoms with Crippen molar-refractivity contribution in [2.75, 3.05) is 11.1 Å². The molecular weight excluding hydrogens is 278 g/mol. The molecular formula is C18H21NOS. The zero-order chi connectivity index (χ0) is 15.2. The molecule has 1 N–H and O–H groups in total. The van der Waals surface area contributed by atoms with Crippen LogP contribution >= 0.6 is 11.8 Å². The first-order valence-corrected chi connectivity index (χ1v) is 8.16. The first-order valence-electron chi connectivity index (χ1n) is 7.18. The Morgan fingerprint density at radius 1 is 1.14 bits per heavy atom.